The summed E-state index contributed by atoms with van der Waals surface area (Å²) < 4.78 is 0. The van der Waals surface area contributed by atoms with Gasteiger partial charge in [0.2, 0.25) is 5.91 Å². The van der Waals surface area contributed by atoms with Crippen molar-refractivity contribution < 1.29 is 4.79 Å². The lowest BCUT2D eigenvalue weighted by atomic mass is 10.1. The Morgan fingerprint density at radius 2 is 2.11 bits per heavy atom. The number of nitrogens with one attached hydrogen (secondary N) is 1. The van der Waals surface area contributed by atoms with Crippen molar-refractivity contribution in [1.29, 1.82) is 0 Å². The molecule has 1 aromatic carbocycles. The number of benzene rings is 1. The highest BCUT2D eigenvalue weighted by Crippen LogP contribution is 2.10. The van der Waals surface area contributed by atoms with Gasteiger partial charge in [0.05, 0.1) is 0 Å². The van der Waals surface area contributed by atoms with E-state index in [9.17, 15) is 4.79 Å². The zero-order valence-electron chi connectivity index (χ0n) is 12.6. The zero-order valence-corrected chi connectivity index (χ0v) is 12.6. The maximum absolute atomic E-state index is 12.4. The Morgan fingerprint density at radius 3 is 2.68 bits per heavy atom. The highest BCUT2D eigenvalue weighted by atomic mass is 16.2. The van der Waals surface area contributed by atoms with Gasteiger partial charge in [0, 0.05) is 25.6 Å². The Bertz CT molecular complexity index is 403. The number of hydrogen-bond acceptors (Lipinski definition) is 2. The van der Waals surface area contributed by atoms with Crippen LogP contribution in [0.3, 0.4) is 0 Å². The van der Waals surface area contributed by atoms with Crippen LogP contribution in [0.1, 0.15) is 31.9 Å². The molecule has 1 aromatic rings. The molecule has 0 fully saturated rings. The standard InChI is InChI=1S/C16H26N2O/c1-5-17-11-14(4)16(19)18(6-2)12-15-9-7-8-13(3)10-15/h7-10,14,17H,5-6,11-12H2,1-4H3. The van der Waals surface area contributed by atoms with Crippen LogP contribution >= 0.6 is 0 Å². The van der Waals surface area contributed by atoms with Gasteiger partial charge in [-0.3, -0.25) is 4.79 Å². The number of aryl methyl sites for hydroxylation is 1. The number of hydrogen-bond donors (Lipinski definition) is 1. The molecule has 1 amide bonds. The maximum atomic E-state index is 12.4. The lowest BCUT2D eigenvalue weighted by Crippen LogP contribution is -2.38. The Kier molecular flexibility index (Phi) is 6.57. The quantitative estimate of drug-likeness (QED) is 0.819. The highest BCUT2D eigenvalue weighted by Gasteiger charge is 2.18. The van der Waals surface area contributed by atoms with Gasteiger partial charge in [-0.2, -0.15) is 0 Å². The number of carbonyl (C=O) groups excluding carboxylic acids is 1. The molecule has 1 atom stereocenters. The van der Waals surface area contributed by atoms with Crippen LogP contribution in [0.5, 0.6) is 0 Å². The maximum Gasteiger partial charge on any atom is 0.226 e. The molecule has 0 saturated heterocycles. The van der Waals surface area contributed by atoms with Crippen molar-refractivity contribution in [2.24, 2.45) is 5.92 Å². The topological polar surface area (TPSA) is 32.3 Å². The van der Waals surface area contributed by atoms with E-state index in [1.165, 1.54) is 11.1 Å². The van der Waals surface area contributed by atoms with Gasteiger partial charge in [0.25, 0.3) is 0 Å². The van der Waals surface area contributed by atoms with Gasteiger partial charge in [-0.15, -0.1) is 0 Å². The smallest absolute Gasteiger partial charge is 0.226 e. The van der Waals surface area contributed by atoms with Crippen molar-refractivity contribution in [3.63, 3.8) is 0 Å². The summed E-state index contributed by atoms with van der Waals surface area (Å²) in [5.74, 6) is 0.259. The van der Waals surface area contributed by atoms with Crippen LogP contribution in [0, 0.1) is 12.8 Å². The second kappa shape index (κ2) is 7.95. The molecule has 0 saturated carbocycles. The minimum atomic E-state index is 0.0321. The molecule has 19 heavy (non-hydrogen) atoms. The van der Waals surface area contributed by atoms with Crippen molar-refractivity contribution in [3.8, 4) is 0 Å². The zero-order chi connectivity index (χ0) is 14.3. The molecule has 0 aliphatic carbocycles. The first kappa shape index (κ1) is 15.7. The van der Waals surface area contributed by atoms with Gasteiger partial charge in [-0.1, -0.05) is 43.7 Å². The van der Waals surface area contributed by atoms with Crippen LogP contribution in [0.4, 0.5) is 0 Å². The first-order valence-corrected chi connectivity index (χ1v) is 7.13. The minimum absolute atomic E-state index is 0.0321. The third-order valence-corrected chi connectivity index (χ3v) is 3.27. The van der Waals surface area contributed by atoms with Gasteiger partial charge >= 0.3 is 0 Å². The molecule has 1 N–H and O–H groups in total. The second-order valence-electron chi connectivity index (χ2n) is 5.05. The lowest BCUT2D eigenvalue weighted by Gasteiger charge is -2.25. The summed E-state index contributed by atoms with van der Waals surface area (Å²) in [7, 11) is 0. The predicted octanol–water partition coefficient (Wildman–Crippen LogP) is 2.59. The van der Waals surface area contributed by atoms with E-state index in [2.05, 4.69) is 37.4 Å². The van der Waals surface area contributed by atoms with Gasteiger partial charge < -0.3 is 10.2 Å². The Morgan fingerprint density at radius 1 is 1.37 bits per heavy atom. The van der Waals surface area contributed by atoms with E-state index in [4.69, 9.17) is 0 Å². The monoisotopic (exact) mass is 262 g/mol. The first-order chi connectivity index (χ1) is 9.08. The Balaban J connectivity index is 2.64. The van der Waals surface area contributed by atoms with Gasteiger partial charge in [0.15, 0.2) is 0 Å². The van der Waals surface area contributed by atoms with E-state index in [0.29, 0.717) is 6.54 Å². The molecular formula is C16H26N2O. The number of rotatable bonds is 7. The van der Waals surface area contributed by atoms with E-state index in [1.807, 2.05) is 24.8 Å². The molecule has 0 radical (unpaired) electrons. The van der Waals surface area contributed by atoms with E-state index >= 15 is 0 Å². The summed E-state index contributed by atoms with van der Waals surface area (Å²) in [6.45, 7) is 11.3. The molecule has 0 aliphatic heterocycles. The van der Waals surface area contributed by atoms with Gasteiger partial charge in [-0.05, 0) is 26.0 Å². The molecule has 0 bridgehead atoms. The Hall–Kier alpha value is -1.35. The van der Waals surface area contributed by atoms with Crippen molar-refractivity contribution in [1.82, 2.24) is 10.2 Å². The molecule has 0 aliphatic rings. The average molecular weight is 262 g/mol. The van der Waals surface area contributed by atoms with E-state index < -0.39 is 0 Å². The van der Waals surface area contributed by atoms with Gasteiger partial charge in [0.1, 0.15) is 0 Å². The highest BCUT2D eigenvalue weighted by molar-refractivity contribution is 5.78. The molecule has 3 nitrogen and oxygen atoms in total. The summed E-state index contributed by atoms with van der Waals surface area (Å²) in [6, 6.07) is 8.35. The molecule has 106 valence electrons. The molecule has 0 spiro atoms. The normalized spacial score (nSPS) is 12.2. The molecule has 3 heteroatoms. The molecule has 1 unspecified atom stereocenters. The lowest BCUT2D eigenvalue weighted by molar-refractivity contribution is -0.135. The van der Waals surface area contributed by atoms with Crippen LogP contribution < -0.4 is 5.32 Å². The van der Waals surface area contributed by atoms with Crippen molar-refractivity contribution in [2.45, 2.75) is 34.2 Å². The fourth-order valence-corrected chi connectivity index (χ4v) is 2.14. The first-order valence-electron chi connectivity index (χ1n) is 7.13. The Labute approximate surface area is 117 Å². The number of carbonyl (C=O) groups is 1. The van der Waals surface area contributed by atoms with Crippen LogP contribution in [0.25, 0.3) is 0 Å². The van der Waals surface area contributed by atoms with Crippen molar-refractivity contribution in [3.05, 3.63) is 35.4 Å². The van der Waals surface area contributed by atoms with Gasteiger partial charge in [-0.25, -0.2) is 0 Å². The molecule has 0 heterocycles. The summed E-state index contributed by atoms with van der Waals surface area (Å²) in [5.41, 5.74) is 2.44. The van der Waals surface area contributed by atoms with Crippen LogP contribution in [0.2, 0.25) is 0 Å². The van der Waals surface area contributed by atoms with E-state index in [0.717, 1.165) is 19.6 Å². The average Bonchev–Trinajstić information content (AvgIpc) is 2.41. The van der Waals surface area contributed by atoms with E-state index in [1.54, 1.807) is 0 Å². The number of amides is 1. The van der Waals surface area contributed by atoms with Crippen molar-refractivity contribution >= 4 is 5.91 Å². The SMILES string of the molecule is CCNCC(C)C(=O)N(CC)Cc1cccc(C)c1. The predicted molar refractivity (Wildman–Crippen MR) is 80.0 cm³/mol. The van der Waals surface area contributed by atoms with Crippen LogP contribution in [-0.2, 0) is 11.3 Å². The summed E-state index contributed by atoms with van der Waals surface area (Å²) in [4.78, 5) is 14.3. The summed E-state index contributed by atoms with van der Waals surface area (Å²) in [6.07, 6.45) is 0. The third kappa shape index (κ3) is 5.03. The summed E-state index contributed by atoms with van der Waals surface area (Å²) in [5, 5.41) is 3.23. The van der Waals surface area contributed by atoms with Crippen molar-refractivity contribution in [2.75, 3.05) is 19.6 Å². The van der Waals surface area contributed by atoms with Crippen LogP contribution in [-0.4, -0.2) is 30.4 Å². The second-order valence-corrected chi connectivity index (χ2v) is 5.05. The molecule has 0 aromatic heterocycles. The fourth-order valence-electron chi connectivity index (χ4n) is 2.14. The fraction of sp³-hybridized carbons (Fsp3) is 0.562. The summed E-state index contributed by atoms with van der Waals surface area (Å²) >= 11 is 0. The van der Waals surface area contributed by atoms with Crippen LogP contribution in [0.15, 0.2) is 24.3 Å². The molecule has 1 rings (SSSR count). The largest absolute Gasteiger partial charge is 0.338 e. The number of nitrogens with zero attached hydrogens (tertiary/aromatic N) is 1. The third-order valence-electron chi connectivity index (χ3n) is 3.27. The minimum Gasteiger partial charge on any atom is -0.338 e. The van der Waals surface area contributed by atoms with E-state index in [-0.39, 0.29) is 11.8 Å². The molecular weight excluding hydrogens is 236 g/mol.